The lowest BCUT2D eigenvalue weighted by molar-refractivity contribution is -0.0353. The fourth-order valence-electron chi connectivity index (χ4n) is 3.79. The Balaban J connectivity index is 2.00. The summed E-state index contributed by atoms with van der Waals surface area (Å²) in [6.07, 6.45) is 3.05. The van der Waals surface area contributed by atoms with Crippen LogP contribution in [0.25, 0.3) is 11.5 Å². The highest BCUT2D eigenvalue weighted by Crippen LogP contribution is 2.37. The van der Waals surface area contributed by atoms with Gasteiger partial charge in [-0.1, -0.05) is 19.4 Å². The molecule has 2 aromatic heterocycles. The Kier molecular flexibility index (Phi) is 5.68. The second kappa shape index (κ2) is 7.99. The van der Waals surface area contributed by atoms with Gasteiger partial charge in [0.1, 0.15) is 17.3 Å². The number of nitriles is 1. The lowest BCUT2D eigenvalue weighted by Crippen LogP contribution is -2.54. The summed E-state index contributed by atoms with van der Waals surface area (Å²) in [7, 11) is 0. The summed E-state index contributed by atoms with van der Waals surface area (Å²) in [5, 5.41) is 30.0. The molecule has 2 atom stereocenters. The van der Waals surface area contributed by atoms with E-state index in [2.05, 4.69) is 21.0 Å². The van der Waals surface area contributed by atoms with Gasteiger partial charge < -0.3 is 15.1 Å². The lowest BCUT2D eigenvalue weighted by Gasteiger charge is -2.45. The van der Waals surface area contributed by atoms with E-state index >= 15 is 0 Å². The van der Waals surface area contributed by atoms with Gasteiger partial charge in [0.15, 0.2) is 11.6 Å². The molecule has 3 rings (SSSR count). The van der Waals surface area contributed by atoms with Gasteiger partial charge in [-0.2, -0.15) is 5.26 Å². The van der Waals surface area contributed by atoms with Crippen molar-refractivity contribution in [1.29, 1.82) is 5.26 Å². The molecule has 0 saturated carbocycles. The van der Waals surface area contributed by atoms with E-state index < -0.39 is 11.5 Å². The zero-order valence-corrected chi connectivity index (χ0v) is 15.8. The molecule has 7 heteroatoms. The molecule has 1 saturated heterocycles. The average Bonchev–Trinajstić information content (AvgIpc) is 2.69. The zero-order valence-electron chi connectivity index (χ0n) is 15.8. The molecule has 0 unspecified atom stereocenters. The molecule has 0 aliphatic carbocycles. The number of hydrogen-bond donors (Lipinski definition) is 2. The normalized spacial score (nSPS) is 22.5. The number of aromatic nitrogens is 3. The third kappa shape index (κ3) is 3.77. The highest BCUT2D eigenvalue weighted by molar-refractivity contribution is 5.59. The number of piperidine rings is 1. The Bertz CT molecular complexity index is 851. The van der Waals surface area contributed by atoms with Gasteiger partial charge in [-0.3, -0.25) is 0 Å². The molecule has 0 radical (unpaired) electrons. The number of rotatable bonds is 5. The average molecular weight is 367 g/mol. The van der Waals surface area contributed by atoms with Crippen LogP contribution >= 0.6 is 0 Å². The summed E-state index contributed by atoms with van der Waals surface area (Å²) >= 11 is 0. The maximum Gasteiger partial charge on any atom is 0.180 e. The summed E-state index contributed by atoms with van der Waals surface area (Å²) in [5.74, 6) is 0.996. The predicted molar refractivity (Wildman–Crippen MR) is 102 cm³/mol. The van der Waals surface area contributed by atoms with Gasteiger partial charge in [0.2, 0.25) is 0 Å². The van der Waals surface area contributed by atoms with Crippen molar-refractivity contribution >= 4 is 5.82 Å². The van der Waals surface area contributed by atoms with Crippen molar-refractivity contribution in [3.8, 4) is 17.6 Å². The summed E-state index contributed by atoms with van der Waals surface area (Å²) in [4.78, 5) is 15.4. The van der Waals surface area contributed by atoms with Crippen molar-refractivity contribution in [2.24, 2.45) is 5.41 Å². The molecular formula is C20H25N5O2. The monoisotopic (exact) mass is 367 g/mol. The first-order chi connectivity index (χ1) is 13.0. The number of hydrogen-bond acceptors (Lipinski definition) is 7. The molecule has 0 amide bonds. The molecule has 2 aromatic rings. The number of aliphatic hydroxyl groups is 2. The van der Waals surface area contributed by atoms with Gasteiger partial charge in [-0.15, -0.1) is 0 Å². The van der Waals surface area contributed by atoms with Crippen molar-refractivity contribution in [2.75, 3.05) is 24.6 Å². The van der Waals surface area contributed by atoms with E-state index in [1.807, 2.05) is 36.9 Å². The fraction of sp³-hybridized carbons (Fsp3) is 0.500. The van der Waals surface area contributed by atoms with Crippen molar-refractivity contribution in [1.82, 2.24) is 15.0 Å². The molecule has 1 aliphatic rings. The number of nitrogens with zero attached hydrogens (tertiary/aromatic N) is 5. The third-order valence-corrected chi connectivity index (χ3v) is 5.25. The van der Waals surface area contributed by atoms with Crippen molar-refractivity contribution in [2.45, 2.75) is 39.2 Å². The molecule has 1 fully saturated rings. The van der Waals surface area contributed by atoms with Crippen molar-refractivity contribution in [3.63, 3.8) is 0 Å². The van der Waals surface area contributed by atoms with Crippen LogP contribution in [0.4, 0.5) is 5.82 Å². The first-order valence-electron chi connectivity index (χ1n) is 9.28. The summed E-state index contributed by atoms with van der Waals surface area (Å²) < 4.78 is 0. The highest BCUT2D eigenvalue weighted by atomic mass is 16.3. The first-order valence-corrected chi connectivity index (χ1v) is 9.28. The predicted octanol–water partition coefficient (Wildman–Crippen LogP) is 2.07. The maximum atomic E-state index is 10.5. The van der Waals surface area contributed by atoms with E-state index in [-0.39, 0.29) is 6.61 Å². The van der Waals surface area contributed by atoms with E-state index in [1.54, 1.807) is 0 Å². The molecule has 3 heterocycles. The Morgan fingerprint density at radius 3 is 2.85 bits per heavy atom. The van der Waals surface area contributed by atoms with Crippen LogP contribution < -0.4 is 4.90 Å². The Labute approximate surface area is 159 Å². The van der Waals surface area contributed by atoms with Crippen LogP contribution in [-0.4, -0.2) is 51.0 Å². The SMILES string of the molecule is CCC[C@@]1(CO)CN(c2nc(-c3cccc(C)n3)ncc2C#N)CC[C@@H]1O. The minimum Gasteiger partial charge on any atom is -0.396 e. The summed E-state index contributed by atoms with van der Waals surface area (Å²) in [6, 6.07) is 7.80. The van der Waals surface area contributed by atoms with Gasteiger partial charge in [-0.25, -0.2) is 15.0 Å². The van der Waals surface area contributed by atoms with Crippen LogP contribution in [-0.2, 0) is 0 Å². The fourth-order valence-corrected chi connectivity index (χ4v) is 3.79. The number of aliphatic hydroxyl groups excluding tert-OH is 2. The summed E-state index contributed by atoms with van der Waals surface area (Å²) in [6.45, 7) is 4.86. The highest BCUT2D eigenvalue weighted by Gasteiger charge is 2.42. The number of pyridine rings is 1. The van der Waals surface area contributed by atoms with Crippen molar-refractivity contribution < 1.29 is 10.2 Å². The standard InChI is InChI=1S/C20H25N5O2/c1-3-8-20(13-26)12-25(9-7-17(20)27)19-15(10-21)11-22-18(24-19)16-6-4-5-14(2)23-16/h4-6,11,17,26-27H,3,7-9,12-13H2,1-2H3/t17-,20-/m0/s1. The van der Waals surface area contributed by atoms with E-state index in [0.717, 1.165) is 12.1 Å². The number of anilines is 1. The van der Waals surface area contributed by atoms with Crippen molar-refractivity contribution in [3.05, 3.63) is 35.7 Å². The second-order valence-electron chi connectivity index (χ2n) is 7.20. The van der Waals surface area contributed by atoms with E-state index in [1.165, 1.54) is 6.20 Å². The van der Waals surface area contributed by atoms with E-state index in [9.17, 15) is 15.5 Å². The molecule has 0 bridgehead atoms. The number of aryl methyl sites for hydroxylation is 1. The van der Waals surface area contributed by atoms with Crippen LogP contribution in [0.15, 0.2) is 24.4 Å². The van der Waals surface area contributed by atoms with E-state index in [4.69, 9.17) is 0 Å². The zero-order chi connectivity index (χ0) is 19.4. The molecular weight excluding hydrogens is 342 g/mol. The second-order valence-corrected chi connectivity index (χ2v) is 7.20. The minimum absolute atomic E-state index is 0.0994. The van der Waals surface area contributed by atoms with Crippen LogP contribution in [0.1, 0.15) is 37.4 Å². The minimum atomic E-state index is -0.605. The third-order valence-electron chi connectivity index (χ3n) is 5.25. The molecule has 1 aliphatic heterocycles. The molecule has 0 aromatic carbocycles. The van der Waals surface area contributed by atoms with Gasteiger partial charge in [-0.05, 0) is 31.9 Å². The van der Waals surface area contributed by atoms with Crippen LogP contribution in [0.2, 0.25) is 0 Å². The molecule has 27 heavy (non-hydrogen) atoms. The first kappa shape index (κ1) is 19.2. The van der Waals surface area contributed by atoms with Crippen LogP contribution in [0, 0.1) is 23.7 Å². The van der Waals surface area contributed by atoms with Crippen LogP contribution in [0.5, 0.6) is 0 Å². The van der Waals surface area contributed by atoms with Gasteiger partial charge in [0.25, 0.3) is 0 Å². The molecule has 7 nitrogen and oxygen atoms in total. The molecule has 2 N–H and O–H groups in total. The molecule has 142 valence electrons. The Hall–Kier alpha value is -2.56. The van der Waals surface area contributed by atoms with Crippen LogP contribution in [0.3, 0.4) is 0 Å². The van der Waals surface area contributed by atoms with Gasteiger partial charge >= 0.3 is 0 Å². The quantitative estimate of drug-likeness (QED) is 0.833. The van der Waals surface area contributed by atoms with Gasteiger partial charge in [0, 0.05) is 24.2 Å². The molecule has 0 spiro atoms. The largest absolute Gasteiger partial charge is 0.396 e. The van der Waals surface area contributed by atoms with E-state index in [0.29, 0.717) is 48.8 Å². The maximum absolute atomic E-state index is 10.5. The Morgan fingerprint density at radius 1 is 1.37 bits per heavy atom. The Morgan fingerprint density at radius 2 is 2.19 bits per heavy atom. The smallest absolute Gasteiger partial charge is 0.180 e. The summed E-state index contributed by atoms with van der Waals surface area (Å²) in [5.41, 5.74) is 1.29. The topological polar surface area (TPSA) is 106 Å². The van der Waals surface area contributed by atoms with Gasteiger partial charge in [0.05, 0.1) is 18.9 Å². The lowest BCUT2D eigenvalue weighted by atomic mass is 9.74.